The van der Waals surface area contributed by atoms with Crippen molar-refractivity contribution in [1.29, 1.82) is 0 Å². The lowest BCUT2D eigenvalue weighted by atomic mass is 9.87. The Labute approximate surface area is 130 Å². The molecule has 20 heavy (non-hydrogen) atoms. The molecule has 1 atom stereocenters. The summed E-state index contributed by atoms with van der Waals surface area (Å²) in [5, 5.41) is 3.61. The number of piperidine rings is 1. The summed E-state index contributed by atoms with van der Waals surface area (Å²) >= 11 is 0. The molecular weight excluding hydrogens is 272 g/mol. The molecule has 3 nitrogen and oxygen atoms in total. The van der Waals surface area contributed by atoms with E-state index in [-0.39, 0.29) is 17.8 Å². The number of carbonyl (C=O) groups is 1. The van der Waals surface area contributed by atoms with Crippen LogP contribution in [0.2, 0.25) is 0 Å². The van der Waals surface area contributed by atoms with Crippen LogP contribution in [0.1, 0.15) is 59.3 Å². The molecule has 0 saturated carbocycles. The number of likely N-dealkylation sites (tertiary alicyclic amines) is 1. The van der Waals surface area contributed by atoms with Gasteiger partial charge in [0.2, 0.25) is 5.91 Å². The molecule has 0 aliphatic carbocycles. The van der Waals surface area contributed by atoms with Crippen LogP contribution in [0, 0.1) is 11.3 Å². The van der Waals surface area contributed by atoms with Gasteiger partial charge in [0.15, 0.2) is 0 Å². The average Bonchev–Trinajstić information content (AvgIpc) is 2.89. The number of hydrogen-bond acceptors (Lipinski definition) is 2. The Morgan fingerprint density at radius 2 is 1.85 bits per heavy atom. The third kappa shape index (κ3) is 5.25. The van der Waals surface area contributed by atoms with Gasteiger partial charge in [0.05, 0.1) is 0 Å². The van der Waals surface area contributed by atoms with E-state index in [2.05, 4.69) is 31.0 Å². The summed E-state index contributed by atoms with van der Waals surface area (Å²) in [7, 11) is 0. The molecule has 0 spiro atoms. The van der Waals surface area contributed by atoms with E-state index < -0.39 is 0 Å². The number of nitrogens with one attached hydrogen (secondary N) is 1. The van der Waals surface area contributed by atoms with Gasteiger partial charge in [0, 0.05) is 25.6 Å². The van der Waals surface area contributed by atoms with Gasteiger partial charge in [-0.1, -0.05) is 20.8 Å². The maximum Gasteiger partial charge on any atom is 0.222 e. The minimum absolute atomic E-state index is 0. The largest absolute Gasteiger partial charge is 0.343 e. The van der Waals surface area contributed by atoms with Gasteiger partial charge in [-0.05, 0) is 50.0 Å². The maximum absolute atomic E-state index is 12.2. The molecule has 2 aliphatic rings. The maximum atomic E-state index is 12.2. The fraction of sp³-hybridized carbons (Fsp3) is 0.938. The van der Waals surface area contributed by atoms with E-state index in [9.17, 15) is 4.79 Å². The quantitative estimate of drug-likeness (QED) is 0.868. The Kier molecular flexibility index (Phi) is 6.80. The molecule has 0 aromatic carbocycles. The van der Waals surface area contributed by atoms with E-state index in [1.807, 2.05) is 0 Å². The van der Waals surface area contributed by atoms with E-state index in [1.54, 1.807) is 0 Å². The molecule has 118 valence electrons. The fourth-order valence-corrected chi connectivity index (χ4v) is 3.31. The molecule has 0 aromatic heterocycles. The number of nitrogens with zero attached hydrogens (tertiary/aromatic N) is 1. The van der Waals surface area contributed by atoms with Gasteiger partial charge in [-0.15, -0.1) is 12.4 Å². The highest BCUT2D eigenvalue weighted by Gasteiger charge is 2.29. The number of rotatable bonds is 3. The van der Waals surface area contributed by atoms with Gasteiger partial charge in [-0.2, -0.15) is 0 Å². The first-order valence-corrected chi connectivity index (χ1v) is 7.97. The molecule has 2 saturated heterocycles. The Hall–Kier alpha value is -0.280. The van der Waals surface area contributed by atoms with Gasteiger partial charge in [-0.3, -0.25) is 4.79 Å². The van der Waals surface area contributed by atoms with E-state index in [0.717, 1.165) is 37.9 Å². The van der Waals surface area contributed by atoms with E-state index in [1.165, 1.54) is 32.2 Å². The van der Waals surface area contributed by atoms with Crippen LogP contribution in [-0.2, 0) is 4.79 Å². The summed E-state index contributed by atoms with van der Waals surface area (Å²) in [6.07, 6.45) is 6.77. The van der Waals surface area contributed by atoms with Crippen molar-refractivity contribution in [2.75, 3.05) is 19.6 Å². The van der Waals surface area contributed by atoms with E-state index in [4.69, 9.17) is 0 Å². The van der Waals surface area contributed by atoms with Gasteiger partial charge in [0.1, 0.15) is 0 Å². The minimum atomic E-state index is 0. The molecule has 0 bridgehead atoms. The van der Waals surface area contributed by atoms with Crippen LogP contribution in [0.25, 0.3) is 0 Å². The topological polar surface area (TPSA) is 32.3 Å². The second kappa shape index (κ2) is 7.65. The third-order valence-electron chi connectivity index (χ3n) is 4.65. The monoisotopic (exact) mass is 302 g/mol. The summed E-state index contributed by atoms with van der Waals surface area (Å²) < 4.78 is 0. The number of halogens is 1. The van der Waals surface area contributed by atoms with Crippen molar-refractivity contribution in [3.05, 3.63) is 0 Å². The molecule has 1 N–H and O–H groups in total. The van der Waals surface area contributed by atoms with Crippen LogP contribution in [0.4, 0.5) is 0 Å². The molecule has 4 heteroatoms. The molecule has 2 fully saturated rings. The molecular formula is C16H31ClN2O. The highest BCUT2D eigenvalue weighted by molar-refractivity contribution is 5.85. The van der Waals surface area contributed by atoms with Crippen LogP contribution in [0.5, 0.6) is 0 Å². The SMILES string of the molecule is CC(C)(C)CCC(=O)N1CCC(C2CCCN2)CC1.Cl. The Bertz CT molecular complexity index is 300. The number of carbonyl (C=O) groups excluding carboxylic acids is 1. The van der Waals surface area contributed by atoms with Crippen LogP contribution in [-0.4, -0.2) is 36.5 Å². The van der Waals surface area contributed by atoms with Crippen molar-refractivity contribution in [2.24, 2.45) is 11.3 Å². The predicted octanol–water partition coefficient (Wildman–Crippen LogP) is 3.23. The van der Waals surface area contributed by atoms with Crippen LogP contribution in [0.3, 0.4) is 0 Å². The van der Waals surface area contributed by atoms with Crippen LogP contribution < -0.4 is 5.32 Å². The fourth-order valence-electron chi connectivity index (χ4n) is 3.31. The first kappa shape index (κ1) is 17.8. The summed E-state index contributed by atoms with van der Waals surface area (Å²) in [4.78, 5) is 14.3. The molecule has 0 radical (unpaired) electrons. The highest BCUT2D eigenvalue weighted by Crippen LogP contribution is 2.27. The van der Waals surface area contributed by atoms with Gasteiger partial charge >= 0.3 is 0 Å². The second-order valence-electron chi connectivity index (χ2n) is 7.48. The summed E-state index contributed by atoms with van der Waals surface area (Å²) in [6, 6.07) is 0.729. The van der Waals surface area contributed by atoms with Gasteiger partial charge in [0.25, 0.3) is 0 Å². The van der Waals surface area contributed by atoms with Crippen molar-refractivity contribution in [3.63, 3.8) is 0 Å². The summed E-state index contributed by atoms with van der Waals surface area (Å²) in [5.41, 5.74) is 0.266. The van der Waals surface area contributed by atoms with Crippen LogP contribution >= 0.6 is 12.4 Å². The Morgan fingerprint density at radius 3 is 2.35 bits per heavy atom. The van der Waals surface area contributed by atoms with Crippen LogP contribution in [0.15, 0.2) is 0 Å². The summed E-state index contributed by atoms with van der Waals surface area (Å²) in [6.45, 7) is 9.77. The molecule has 2 heterocycles. The standard InChI is InChI=1S/C16H30N2O.ClH/c1-16(2,3)9-6-15(19)18-11-7-13(8-12-18)14-5-4-10-17-14;/h13-14,17H,4-12H2,1-3H3;1H. The van der Waals surface area contributed by atoms with Gasteiger partial charge in [-0.25, -0.2) is 0 Å². The lowest BCUT2D eigenvalue weighted by Gasteiger charge is -2.35. The van der Waals surface area contributed by atoms with Crippen molar-refractivity contribution in [2.45, 2.75) is 65.3 Å². The minimum Gasteiger partial charge on any atom is -0.343 e. The summed E-state index contributed by atoms with van der Waals surface area (Å²) in [5.74, 6) is 1.17. The van der Waals surface area contributed by atoms with E-state index >= 15 is 0 Å². The molecule has 1 amide bonds. The average molecular weight is 303 g/mol. The zero-order valence-electron chi connectivity index (χ0n) is 13.3. The lowest BCUT2D eigenvalue weighted by molar-refractivity contribution is -0.133. The normalized spacial score (nSPS) is 24.6. The highest BCUT2D eigenvalue weighted by atomic mass is 35.5. The van der Waals surface area contributed by atoms with Crippen molar-refractivity contribution in [3.8, 4) is 0 Å². The molecule has 2 rings (SSSR count). The number of hydrogen-bond donors (Lipinski definition) is 1. The first-order valence-electron chi connectivity index (χ1n) is 7.97. The van der Waals surface area contributed by atoms with Gasteiger partial charge < -0.3 is 10.2 Å². The van der Waals surface area contributed by atoms with Crippen molar-refractivity contribution < 1.29 is 4.79 Å². The lowest BCUT2D eigenvalue weighted by Crippen LogP contribution is -2.43. The van der Waals surface area contributed by atoms with Crippen molar-refractivity contribution in [1.82, 2.24) is 10.2 Å². The molecule has 1 unspecified atom stereocenters. The second-order valence-corrected chi connectivity index (χ2v) is 7.48. The zero-order chi connectivity index (χ0) is 13.9. The Balaban J connectivity index is 0.00000200. The first-order chi connectivity index (χ1) is 8.96. The molecule has 0 aromatic rings. The number of amides is 1. The molecule has 2 aliphatic heterocycles. The van der Waals surface area contributed by atoms with Crippen molar-refractivity contribution >= 4 is 18.3 Å². The predicted molar refractivity (Wildman–Crippen MR) is 86.3 cm³/mol. The van der Waals surface area contributed by atoms with E-state index in [0.29, 0.717) is 5.91 Å². The smallest absolute Gasteiger partial charge is 0.222 e. The third-order valence-corrected chi connectivity index (χ3v) is 4.65. The Morgan fingerprint density at radius 1 is 1.20 bits per heavy atom. The zero-order valence-corrected chi connectivity index (χ0v) is 14.1.